The summed E-state index contributed by atoms with van der Waals surface area (Å²) in [5.41, 5.74) is 0.340. The van der Waals surface area contributed by atoms with Crippen LogP contribution in [0.1, 0.15) is 47.0 Å². The van der Waals surface area contributed by atoms with E-state index < -0.39 is 0 Å². The summed E-state index contributed by atoms with van der Waals surface area (Å²) in [5.74, 6) is 2.31. The molecule has 7 nitrogen and oxygen atoms in total. The standard InChI is InChI=1S/C20H35N7/c1-7-10-21-16-24-17(22-11-8-2)26-18(25-16)23-12-9-15-13-19(3,4)27-20(5,6)14-15/h7-8,15,27H,1-2,9-14H2,3-6H3,(H3,21,22,23,24,25,26). The molecule has 0 atom stereocenters. The molecule has 0 aliphatic carbocycles. The Morgan fingerprint density at radius 2 is 1.33 bits per heavy atom. The van der Waals surface area contributed by atoms with E-state index in [0.717, 1.165) is 13.0 Å². The number of aromatic nitrogens is 3. The number of anilines is 3. The van der Waals surface area contributed by atoms with Gasteiger partial charge in [-0.3, -0.25) is 0 Å². The first kappa shape index (κ1) is 21.2. The van der Waals surface area contributed by atoms with Gasteiger partial charge in [-0.1, -0.05) is 12.2 Å². The van der Waals surface area contributed by atoms with Gasteiger partial charge in [-0.25, -0.2) is 0 Å². The lowest BCUT2D eigenvalue weighted by Gasteiger charge is -2.46. The second kappa shape index (κ2) is 9.17. The highest BCUT2D eigenvalue weighted by molar-refractivity contribution is 5.42. The molecule has 1 fully saturated rings. The second-order valence-electron chi connectivity index (χ2n) is 8.53. The van der Waals surface area contributed by atoms with Crippen molar-refractivity contribution < 1.29 is 0 Å². The molecular weight excluding hydrogens is 338 g/mol. The van der Waals surface area contributed by atoms with Crippen LogP contribution in [0.25, 0.3) is 0 Å². The van der Waals surface area contributed by atoms with E-state index in [2.05, 4.69) is 77.1 Å². The van der Waals surface area contributed by atoms with Gasteiger partial charge in [0.05, 0.1) is 0 Å². The van der Waals surface area contributed by atoms with Crippen LogP contribution in [0.4, 0.5) is 17.8 Å². The van der Waals surface area contributed by atoms with Crippen LogP contribution in [0.2, 0.25) is 0 Å². The summed E-state index contributed by atoms with van der Waals surface area (Å²) in [4.78, 5) is 13.3. The van der Waals surface area contributed by atoms with E-state index in [1.165, 1.54) is 12.8 Å². The van der Waals surface area contributed by atoms with Gasteiger partial charge in [0.15, 0.2) is 0 Å². The molecule has 1 aliphatic rings. The molecule has 2 heterocycles. The van der Waals surface area contributed by atoms with Crippen molar-refractivity contribution in [3.8, 4) is 0 Å². The summed E-state index contributed by atoms with van der Waals surface area (Å²) in [5, 5.41) is 13.3. The normalized spacial score (nSPS) is 18.5. The van der Waals surface area contributed by atoms with Gasteiger partial charge in [0.2, 0.25) is 17.8 Å². The summed E-state index contributed by atoms with van der Waals surface area (Å²) in [6, 6.07) is 0. The second-order valence-corrected chi connectivity index (χ2v) is 8.53. The minimum Gasteiger partial charge on any atom is -0.354 e. The Balaban J connectivity index is 1.97. The van der Waals surface area contributed by atoms with Crippen molar-refractivity contribution in [2.75, 3.05) is 35.6 Å². The van der Waals surface area contributed by atoms with Crippen molar-refractivity contribution >= 4 is 17.8 Å². The van der Waals surface area contributed by atoms with Gasteiger partial charge in [-0.05, 0) is 52.9 Å². The first-order valence-corrected chi connectivity index (χ1v) is 9.72. The highest BCUT2D eigenvalue weighted by Gasteiger charge is 2.37. The molecule has 0 aromatic carbocycles. The molecule has 1 saturated heterocycles. The Kier molecular flexibility index (Phi) is 7.18. The van der Waals surface area contributed by atoms with Gasteiger partial charge >= 0.3 is 0 Å². The number of rotatable bonds is 10. The fourth-order valence-corrected chi connectivity index (χ4v) is 4.07. The first-order valence-electron chi connectivity index (χ1n) is 9.72. The van der Waals surface area contributed by atoms with Crippen LogP contribution < -0.4 is 21.3 Å². The number of piperidine rings is 1. The average molecular weight is 374 g/mol. The molecule has 1 aromatic heterocycles. The fraction of sp³-hybridized carbons (Fsp3) is 0.650. The molecule has 0 spiro atoms. The Bertz CT molecular complexity index is 593. The van der Waals surface area contributed by atoms with Gasteiger partial charge in [-0.15, -0.1) is 13.2 Å². The third-order valence-electron chi connectivity index (χ3n) is 4.55. The summed E-state index contributed by atoms with van der Waals surface area (Å²) in [6.07, 6.45) is 6.98. The molecule has 4 N–H and O–H groups in total. The molecule has 27 heavy (non-hydrogen) atoms. The van der Waals surface area contributed by atoms with Crippen LogP contribution >= 0.6 is 0 Å². The molecule has 0 amide bonds. The van der Waals surface area contributed by atoms with Crippen molar-refractivity contribution in [3.05, 3.63) is 25.3 Å². The summed E-state index contributed by atoms with van der Waals surface area (Å²) < 4.78 is 0. The molecule has 1 aromatic rings. The monoisotopic (exact) mass is 373 g/mol. The molecular formula is C20H35N7. The average Bonchev–Trinajstić information content (AvgIpc) is 2.55. The van der Waals surface area contributed by atoms with E-state index in [9.17, 15) is 0 Å². The molecule has 150 valence electrons. The van der Waals surface area contributed by atoms with Crippen LogP contribution in [0, 0.1) is 5.92 Å². The lowest BCUT2D eigenvalue weighted by Crippen LogP contribution is -2.57. The predicted molar refractivity (Wildman–Crippen MR) is 114 cm³/mol. The third-order valence-corrected chi connectivity index (χ3v) is 4.55. The van der Waals surface area contributed by atoms with E-state index >= 15 is 0 Å². The van der Waals surface area contributed by atoms with E-state index in [-0.39, 0.29) is 11.1 Å². The Morgan fingerprint density at radius 3 is 1.78 bits per heavy atom. The molecule has 1 aliphatic heterocycles. The topological polar surface area (TPSA) is 86.8 Å². The van der Waals surface area contributed by atoms with Crippen LogP contribution in [-0.2, 0) is 0 Å². The molecule has 0 radical (unpaired) electrons. The highest BCUT2D eigenvalue weighted by atomic mass is 15.3. The quantitative estimate of drug-likeness (QED) is 0.467. The number of nitrogens with one attached hydrogen (secondary N) is 4. The lowest BCUT2D eigenvalue weighted by molar-refractivity contribution is 0.125. The van der Waals surface area contributed by atoms with Gasteiger partial charge in [0.1, 0.15) is 0 Å². The van der Waals surface area contributed by atoms with Crippen LogP contribution in [-0.4, -0.2) is 45.7 Å². The van der Waals surface area contributed by atoms with Gasteiger partial charge in [-0.2, -0.15) is 15.0 Å². The summed E-state index contributed by atoms with van der Waals surface area (Å²) in [6.45, 7) is 18.6. The molecule has 2 rings (SSSR count). The van der Waals surface area contributed by atoms with E-state index in [1.54, 1.807) is 12.2 Å². The minimum atomic E-state index is 0.170. The van der Waals surface area contributed by atoms with Crippen LogP contribution in [0.5, 0.6) is 0 Å². The molecule has 0 unspecified atom stereocenters. The Labute approximate surface area is 163 Å². The maximum absolute atomic E-state index is 4.45. The largest absolute Gasteiger partial charge is 0.354 e. The van der Waals surface area contributed by atoms with Crippen molar-refractivity contribution in [2.24, 2.45) is 5.92 Å². The smallest absolute Gasteiger partial charge is 0.229 e. The highest BCUT2D eigenvalue weighted by Crippen LogP contribution is 2.34. The minimum absolute atomic E-state index is 0.170. The van der Waals surface area contributed by atoms with E-state index in [1.807, 2.05) is 0 Å². The Morgan fingerprint density at radius 1 is 0.889 bits per heavy atom. The Hall–Kier alpha value is -2.15. The SMILES string of the molecule is C=CCNc1nc(NCC=C)nc(NCCC2CC(C)(C)NC(C)(C)C2)n1. The zero-order valence-electron chi connectivity index (χ0n) is 17.2. The summed E-state index contributed by atoms with van der Waals surface area (Å²) >= 11 is 0. The van der Waals surface area contributed by atoms with E-state index in [4.69, 9.17) is 0 Å². The number of hydrogen-bond acceptors (Lipinski definition) is 7. The number of hydrogen-bond donors (Lipinski definition) is 4. The third kappa shape index (κ3) is 7.17. The zero-order valence-corrected chi connectivity index (χ0v) is 17.2. The van der Waals surface area contributed by atoms with Crippen molar-refractivity contribution in [1.29, 1.82) is 0 Å². The van der Waals surface area contributed by atoms with Gasteiger partial charge < -0.3 is 21.3 Å². The van der Waals surface area contributed by atoms with Gasteiger partial charge in [0, 0.05) is 30.7 Å². The summed E-state index contributed by atoms with van der Waals surface area (Å²) in [7, 11) is 0. The van der Waals surface area contributed by atoms with E-state index in [0.29, 0.717) is 36.9 Å². The van der Waals surface area contributed by atoms with Gasteiger partial charge in [0.25, 0.3) is 0 Å². The maximum Gasteiger partial charge on any atom is 0.229 e. The molecule has 0 bridgehead atoms. The molecule has 0 saturated carbocycles. The fourth-order valence-electron chi connectivity index (χ4n) is 4.07. The number of nitrogens with zero attached hydrogens (tertiary/aromatic N) is 3. The van der Waals surface area contributed by atoms with Crippen molar-refractivity contribution in [1.82, 2.24) is 20.3 Å². The van der Waals surface area contributed by atoms with Crippen LogP contribution in [0.15, 0.2) is 25.3 Å². The molecule has 7 heteroatoms. The predicted octanol–water partition coefficient (Wildman–Crippen LogP) is 3.43. The van der Waals surface area contributed by atoms with Crippen molar-refractivity contribution in [3.63, 3.8) is 0 Å². The van der Waals surface area contributed by atoms with Crippen molar-refractivity contribution in [2.45, 2.75) is 58.0 Å². The van der Waals surface area contributed by atoms with Crippen LogP contribution in [0.3, 0.4) is 0 Å². The first-order chi connectivity index (χ1) is 12.7. The maximum atomic E-state index is 4.45. The zero-order chi connectivity index (χ0) is 19.9. The lowest BCUT2D eigenvalue weighted by atomic mass is 9.75.